The zero-order chi connectivity index (χ0) is 19.2. The van der Waals surface area contributed by atoms with E-state index in [1.165, 1.54) is 11.8 Å². The second-order valence-corrected chi connectivity index (χ2v) is 6.83. The molecule has 138 valence electrons. The maximum absolute atomic E-state index is 12.0. The highest BCUT2D eigenvalue weighted by Gasteiger charge is 2.13. The number of aromatic nitrogens is 3. The molecular formula is C19H19N5O2S. The number of carbonyl (C=O) groups is 2. The maximum atomic E-state index is 12.0. The Kier molecular flexibility index (Phi) is 5.87. The molecule has 3 rings (SSSR count). The summed E-state index contributed by atoms with van der Waals surface area (Å²) in [6.07, 6.45) is 0. The molecule has 0 saturated heterocycles. The van der Waals surface area contributed by atoms with Crippen molar-refractivity contribution in [1.29, 1.82) is 0 Å². The van der Waals surface area contributed by atoms with Gasteiger partial charge >= 0.3 is 0 Å². The Hall–Kier alpha value is -3.13. The Balaban J connectivity index is 1.52. The van der Waals surface area contributed by atoms with Gasteiger partial charge in [0.1, 0.15) is 0 Å². The first kappa shape index (κ1) is 18.7. The quantitative estimate of drug-likeness (QED) is 0.523. The van der Waals surface area contributed by atoms with Gasteiger partial charge in [-0.1, -0.05) is 59.8 Å². The van der Waals surface area contributed by atoms with Crippen LogP contribution in [-0.4, -0.2) is 32.3 Å². The summed E-state index contributed by atoms with van der Waals surface area (Å²) < 4.78 is 1.83. The van der Waals surface area contributed by atoms with E-state index in [1.54, 1.807) is 12.1 Å². The molecule has 0 fully saturated rings. The number of aryl methyl sites for hydroxylation is 1. The second kappa shape index (κ2) is 8.50. The van der Waals surface area contributed by atoms with Gasteiger partial charge in [-0.2, -0.15) is 0 Å². The van der Waals surface area contributed by atoms with Crippen LogP contribution in [-0.2, 0) is 11.8 Å². The van der Waals surface area contributed by atoms with Gasteiger partial charge in [0.15, 0.2) is 11.0 Å². The fraction of sp³-hybridized carbons (Fsp3) is 0.158. The topological polar surface area (TPSA) is 88.9 Å². The average Bonchev–Trinajstić information content (AvgIpc) is 3.06. The van der Waals surface area contributed by atoms with Crippen molar-refractivity contribution in [2.45, 2.75) is 12.1 Å². The SMILES string of the molecule is Cc1ccc(C(=O)NNC(=O)CSc2nnc(-c3ccccc3)n2C)cc1. The normalized spacial score (nSPS) is 10.4. The monoisotopic (exact) mass is 381 g/mol. The van der Waals surface area contributed by atoms with E-state index >= 15 is 0 Å². The van der Waals surface area contributed by atoms with Crippen LogP contribution in [0.2, 0.25) is 0 Å². The smallest absolute Gasteiger partial charge is 0.269 e. The molecule has 0 bridgehead atoms. The van der Waals surface area contributed by atoms with Gasteiger partial charge in [-0.15, -0.1) is 10.2 Å². The molecule has 0 aliphatic heterocycles. The van der Waals surface area contributed by atoms with Crippen molar-refractivity contribution in [3.8, 4) is 11.4 Å². The zero-order valence-electron chi connectivity index (χ0n) is 15.0. The van der Waals surface area contributed by atoms with E-state index in [2.05, 4.69) is 21.0 Å². The Morgan fingerprint density at radius 2 is 1.70 bits per heavy atom. The third-order valence-electron chi connectivity index (χ3n) is 3.83. The van der Waals surface area contributed by atoms with Crippen molar-refractivity contribution >= 4 is 23.6 Å². The molecule has 0 saturated carbocycles. The minimum absolute atomic E-state index is 0.106. The fourth-order valence-electron chi connectivity index (χ4n) is 2.35. The molecule has 2 N–H and O–H groups in total. The number of thioether (sulfide) groups is 1. The first-order valence-corrected chi connectivity index (χ1v) is 9.26. The van der Waals surface area contributed by atoms with Gasteiger partial charge in [-0.3, -0.25) is 20.4 Å². The summed E-state index contributed by atoms with van der Waals surface area (Å²) in [6, 6.07) is 16.8. The van der Waals surface area contributed by atoms with Gasteiger partial charge in [0.2, 0.25) is 5.91 Å². The van der Waals surface area contributed by atoms with E-state index in [9.17, 15) is 9.59 Å². The molecule has 0 aliphatic rings. The lowest BCUT2D eigenvalue weighted by Gasteiger charge is -2.07. The van der Waals surface area contributed by atoms with Crippen molar-refractivity contribution in [1.82, 2.24) is 25.6 Å². The number of nitrogens with one attached hydrogen (secondary N) is 2. The number of nitrogens with zero attached hydrogens (tertiary/aromatic N) is 3. The van der Waals surface area contributed by atoms with Crippen molar-refractivity contribution in [2.75, 3.05) is 5.75 Å². The Bertz CT molecular complexity index is 938. The lowest BCUT2D eigenvalue weighted by molar-refractivity contribution is -0.119. The molecule has 8 heteroatoms. The Labute approximate surface area is 161 Å². The van der Waals surface area contributed by atoms with Gasteiger partial charge in [0.05, 0.1) is 5.75 Å². The minimum atomic E-state index is -0.363. The predicted molar refractivity (Wildman–Crippen MR) is 104 cm³/mol. The first-order valence-electron chi connectivity index (χ1n) is 8.28. The molecule has 1 aromatic heterocycles. The van der Waals surface area contributed by atoms with E-state index < -0.39 is 0 Å². The Morgan fingerprint density at radius 1 is 1.00 bits per heavy atom. The highest BCUT2D eigenvalue weighted by molar-refractivity contribution is 7.99. The summed E-state index contributed by atoms with van der Waals surface area (Å²) >= 11 is 1.25. The van der Waals surface area contributed by atoms with Gasteiger partial charge in [-0.25, -0.2) is 0 Å². The number of hydrazine groups is 1. The highest BCUT2D eigenvalue weighted by Crippen LogP contribution is 2.22. The average molecular weight is 381 g/mol. The third-order valence-corrected chi connectivity index (χ3v) is 4.85. The van der Waals surface area contributed by atoms with Crippen LogP contribution < -0.4 is 10.9 Å². The van der Waals surface area contributed by atoms with Gasteiger partial charge in [0.25, 0.3) is 5.91 Å². The number of hydrogen-bond donors (Lipinski definition) is 2. The molecule has 0 atom stereocenters. The van der Waals surface area contributed by atoms with Gasteiger partial charge in [-0.05, 0) is 19.1 Å². The molecule has 7 nitrogen and oxygen atoms in total. The van der Waals surface area contributed by atoms with Crippen LogP contribution in [0, 0.1) is 6.92 Å². The molecular weight excluding hydrogens is 362 g/mol. The van der Waals surface area contributed by atoms with Crippen molar-refractivity contribution < 1.29 is 9.59 Å². The summed E-state index contributed by atoms with van der Waals surface area (Å²) in [4.78, 5) is 24.0. The van der Waals surface area contributed by atoms with E-state index in [-0.39, 0.29) is 17.6 Å². The summed E-state index contributed by atoms with van der Waals surface area (Å²) in [7, 11) is 1.85. The van der Waals surface area contributed by atoms with Gasteiger partial charge < -0.3 is 4.57 Å². The lowest BCUT2D eigenvalue weighted by atomic mass is 10.1. The number of rotatable bonds is 5. The van der Waals surface area contributed by atoms with E-state index in [1.807, 2.05) is 61.0 Å². The number of carbonyl (C=O) groups excluding carboxylic acids is 2. The molecule has 1 heterocycles. The minimum Gasteiger partial charge on any atom is -0.305 e. The van der Waals surface area contributed by atoms with Crippen molar-refractivity contribution in [3.05, 3.63) is 65.7 Å². The number of hydrogen-bond acceptors (Lipinski definition) is 5. The van der Waals surface area contributed by atoms with E-state index in [0.29, 0.717) is 10.7 Å². The van der Waals surface area contributed by atoms with Crippen LogP contribution in [0.25, 0.3) is 11.4 Å². The standard InChI is InChI=1S/C19H19N5O2S/c1-13-8-10-15(11-9-13)18(26)22-20-16(25)12-27-19-23-21-17(24(19)2)14-6-4-3-5-7-14/h3-11H,12H2,1-2H3,(H,20,25)(H,22,26). The predicted octanol–water partition coefficient (Wildman–Crippen LogP) is 2.34. The molecule has 2 aromatic carbocycles. The lowest BCUT2D eigenvalue weighted by Crippen LogP contribution is -2.42. The Morgan fingerprint density at radius 3 is 2.41 bits per heavy atom. The molecule has 3 aromatic rings. The summed E-state index contributed by atoms with van der Waals surface area (Å²) in [6.45, 7) is 1.94. The largest absolute Gasteiger partial charge is 0.305 e. The molecule has 2 amide bonds. The molecule has 0 radical (unpaired) electrons. The van der Waals surface area contributed by atoms with Crippen LogP contribution in [0.5, 0.6) is 0 Å². The third kappa shape index (κ3) is 4.73. The van der Waals surface area contributed by atoms with Crippen LogP contribution in [0.3, 0.4) is 0 Å². The van der Waals surface area contributed by atoms with E-state index in [4.69, 9.17) is 0 Å². The summed E-state index contributed by atoms with van der Waals surface area (Å²) in [5.74, 6) is 0.142. The molecule has 0 unspecified atom stereocenters. The number of benzene rings is 2. The van der Waals surface area contributed by atoms with Crippen molar-refractivity contribution in [3.63, 3.8) is 0 Å². The molecule has 27 heavy (non-hydrogen) atoms. The van der Waals surface area contributed by atoms with Crippen molar-refractivity contribution in [2.24, 2.45) is 7.05 Å². The van der Waals surface area contributed by atoms with Crippen LogP contribution in [0.4, 0.5) is 0 Å². The molecule has 0 spiro atoms. The van der Waals surface area contributed by atoms with Gasteiger partial charge in [0, 0.05) is 18.2 Å². The van der Waals surface area contributed by atoms with E-state index in [0.717, 1.165) is 17.0 Å². The summed E-state index contributed by atoms with van der Waals surface area (Å²) in [5.41, 5.74) is 7.31. The zero-order valence-corrected chi connectivity index (χ0v) is 15.8. The fourth-order valence-corrected chi connectivity index (χ4v) is 3.06. The summed E-state index contributed by atoms with van der Waals surface area (Å²) in [5, 5.41) is 8.92. The maximum Gasteiger partial charge on any atom is 0.269 e. The second-order valence-electron chi connectivity index (χ2n) is 5.89. The van der Waals surface area contributed by atoms with Crippen LogP contribution in [0.15, 0.2) is 59.8 Å². The molecule has 0 aliphatic carbocycles. The number of amides is 2. The van der Waals surface area contributed by atoms with Crippen LogP contribution in [0.1, 0.15) is 15.9 Å². The highest BCUT2D eigenvalue weighted by atomic mass is 32.2. The van der Waals surface area contributed by atoms with Crippen LogP contribution >= 0.6 is 11.8 Å². The first-order chi connectivity index (χ1) is 13.0.